The third-order valence-corrected chi connectivity index (χ3v) is 2.90. The third-order valence-electron chi connectivity index (χ3n) is 2.68. The molecule has 4 nitrogen and oxygen atoms in total. The predicted molar refractivity (Wildman–Crippen MR) is 77.2 cm³/mol. The van der Waals surface area contributed by atoms with Gasteiger partial charge < -0.3 is 9.73 Å². The number of amides is 1. The molecule has 0 bridgehead atoms. The predicted octanol–water partition coefficient (Wildman–Crippen LogP) is 2.24. The number of carbonyl (C=O) groups excluding carboxylic acids is 1. The lowest BCUT2D eigenvalue weighted by molar-refractivity contribution is -0.120. The summed E-state index contributed by atoms with van der Waals surface area (Å²) >= 11 is 4.04. The Morgan fingerprint density at radius 1 is 1.37 bits per heavy atom. The van der Waals surface area contributed by atoms with Gasteiger partial charge in [-0.3, -0.25) is 4.79 Å². The number of rotatable bonds is 5. The van der Waals surface area contributed by atoms with Gasteiger partial charge >= 0.3 is 0 Å². The molecule has 0 fully saturated rings. The Kier molecular flexibility index (Phi) is 4.63. The Bertz CT molecular complexity index is 552. The third kappa shape index (κ3) is 3.61. The lowest BCUT2D eigenvalue weighted by Crippen LogP contribution is -2.27. The van der Waals surface area contributed by atoms with Crippen molar-refractivity contribution in [1.29, 1.82) is 0 Å². The summed E-state index contributed by atoms with van der Waals surface area (Å²) in [6, 6.07) is 9.64. The number of nitrogens with zero attached hydrogens (tertiary/aromatic N) is 1. The minimum atomic E-state index is -0.0648. The van der Waals surface area contributed by atoms with Gasteiger partial charge in [0.2, 0.25) is 11.8 Å². The Balaban J connectivity index is 2.11. The Hall–Kier alpha value is -1.75. The summed E-state index contributed by atoms with van der Waals surface area (Å²) in [7, 11) is 0. The van der Waals surface area contributed by atoms with E-state index in [0.717, 1.165) is 5.56 Å². The Labute approximate surface area is 117 Å². The summed E-state index contributed by atoms with van der Waals surface area (Å²) in [5.41, 5.74) is 1.59. The monoisotopic (exact) mass is 276 g/mol. The van der Waals surface area contributed by atoms with Gasteiger partial charge in [-0.15, -0.1) is 0 Å². The zero-order valence-electron chi connectivity index (χ0n) is 10.7. The lowest BCUT2D eigenvalue weighted by Gasteiger charge is -2.00. The van der Waals surface area contributed by atoms with Crippen molar-refractivity contribution in [3.05, 3.63) is 41.8 Å². The maximum Gasteiger partial charge on any atom is 0.226 e. The number of aromatic nitrogens is 1. The van der Waals surface area contributed by atoms with E-state index < -0.39 is 0 Å². The van der Waals surface area contributed by atoms with Crippen molar-refractivity contribution in [2.24, 2.45) is 0 Å². The highest BCUT2D eigenvalue weighted by Crippen LogP contribution is 2.21. The van der Waals surface area contributed by atoms with Gasteiger partial charge in [-0.2, -0.15) is 12.6 Å². The van der Waals surface area contributed by atoms with Gasteiger partial charge in [0.25, 0.3) is 0 Å². The molecular formula is C14H16N2O2S. The topological polar surface area (TPSA) is 55.1 Å². The average Bonchev–Trinajstić information content (AvgIpc) is 2.79. The van der Waals surface area contributed by atoms with Crippen LogP contribution < -0.4 is 5.32 Å². The van der Waals surface area contributed by atoms with Crippen molar-refractivity contribution < 1.29 is 9.21 Å². The summed E-state index contributed by atoms with van der Waals surface area (Å²) in [6.45, 7) is 2.38. The van der Waals surface area contributed by atoms with Crippen LogP contribution in [-0.4, -0.2) is 23.2 Å². The van der Waals surface area contributed by atoms with Gasteiger partial charge in [-0.25, -0.2) is 4.98 Å². The second kappa shape index (κ2) is 6.43. The summed E-state index contributed by atoms with van der Waals surface area (Å²) in [4.78, 5) is 16.0. The van der Waals surface area contributed by atoms with Crippen LogP contribution in [0.15, 0.2) is 34.7 Å². The lowest BCUT2D eigenvalue weighted by atomic mass is 10.2. The van der Waals surface area contributed by atoms with Gasteiger partial charge in [0.05, 0.1) is 12.1 Å². The van der Waals surface area contributed by atoms with Gasteiger partial charge in [0.15, 0.2) is 0 Å². The summed E-state index contributed by atoms with van der Waals surface area (Å²) in [5, 5.41) is 2.76. The van der Waals surface area contributed by atoms with Gasteiger partial charge in [0, 0.05) is 17.9 Å². The number of hydrogen-bond donors (Lipinski definition) is 2. The Morgan fingerprint density at radius 2 is 2.11 bits per heavy atom. The van der Waals surface area contributed by atoms with E-state index in [1.807, 2.05) is 37.3 Å². The fourth-order valence-electron chi connectivity index (χ4n) is 1.71. The van der Waals surface area contributed by atoms with Crippen molar-refractivity contribution in [3.8, 4) is 11.5 Å². The van der Waals surface area contributed by atoms with Crippen molar-refractivity contribution in [2.45, 2.75) is 13.3 Å². The van der Waals surface area contributed by atoms with Crippen molar-refractivity contribution in [2.75, 3.05) is 12.3 Å². The molecule has 1 amide bonds. The number of hydrogen-bond acceptors (Lipinski definition) is 4. The van der Waals surface area contributed by atoms with E-state index in [0.29, 0.717) is 29.6 Å². The summed E-state index contributed by atoms with van der Waals surface area (Å²) in [5.74, 6) is 1.79. The van der Waals surface area contributed by atoms with Crippen LogP contribution in [0.1, 0.15) is 11.5 Å². The number of carbonyl (C=O) groups is 1. The molecule has 0 aliphatic heterocycles. The molecule has 0 saturated carbocycles. The second-order valence-corrected chi connectivity index (χ2v) is 4.59. The normalized spacial score (nSPS) is 10.4. The fraction of sp³-hybridized carbons (Fsp3) is 0.286. The largest absolute Gasteiger partial charge is 0.441 e. The van der Waals surface area contributed by atoms with E-state index in [4.69, 9.17) is 4.42 Å². The van der Waals surface area contributed by atoms with Crippen LogP contribution in [-0.2, 0) is 11.2 Å². The van der Waals surface area contributed by atoms with E-state index in [9.17, 15) is 4.79 Å². The highest BCUT2D eigenvalue weighted by Gasteiger charge is 2.14. The molecule has 5 heteroatoms. The minimum absolute atomic E-state index is 0.0648. The molecule has 0 unspecified atom stereocenters. The smallest absolute Gasteiger partial charge is 0.226 e. The summed E-state index contributed by atoms with van der Waals surface area (Å²) in [6.07, 6.45) is 0.232. The Morgan fingerprint density at radius 3 is 2.79 bits per heavy atom. The quantitative estimate of drug-likeness (QED) is 0.823. The van der Waals surface area contributed by atoms with E-state index in [1.54, 1.807) is 0 Å². The first kappa shape index (κ1) is 13.7. The molecule has 0 atom stereocenters. The van der Waals surface area contributed by atoms with Crippen LogP contribution in [0.5, 0.6) is 0 Å². The molecule has 0 aliphatic rings. The number of aryl methyl sites for hydroxylation is 1. The van der Waals surface area contributed by atoms with Crippen molar-refractivity contribution in [3.63, 3.8) is 0 Å². The molecule has 1 aromatic carbocycles. The van der Waals surface area contributed by atoms with Crippen LogP contribution in [0.4, 0.5) is 0 Å². The highest BCUT2D eigenvalue weighted by atomic mass is 32.1. The van der Waals surface area contributed by atoms with Crippen LogP contribution in [0.25, 0.3) is 11.5 Å². The number of oxazole rings is 1. The number of nitrogens with one attached hydrogen (secondary N) is 1. The van der Waals surface area contributed by atoms with Crippen LogP contribution in [0.3, 0.4) is 0 Å². The fourth-order valence-corrected chi connectivity index (χ4v) is 1.82. The molecule has 1 aromatic heterocycles. The molecule has 100 valence electrons. The van der Waals surface area contributed by atoms with E-state index in [-0.39, 0.29) is 12.3 Å². The molecule has 0 spiro atoms. The van der Waals surface area contributed by atoms with E-state index in [1.165, 1.54) is 0 Å². The first-order chi connectivity index (χ1) is 9.20. The van der Waals surface area contributed by atoms with Crippen molar-refractivity contribution >= 4 is 18.5 Å². The van der Waals surface area contributed by atoms with Crippen LogP contribution in [0.2, 0.25) is 0 Å². The maximum absolute atomic E-state index is 11.6. The average molecular weight is 276 g/mol. The number of benzene rings is 1. The first-order valence-electron chi connectivity index (χ1n) is 6.10. The molecule has 1 N–H and O–H groups in total. The molecule has 0 aliphatic carbocycles. The molecule has 0 radical (unpaired) electrons. The van der Waals surface area contributed by atoms with Crippen LogP contribution in [0, 0.1) is 6.92 Å². The standard InChI is InChI=1S/C14H16N2O2S/c1-10-12(9-13(17)15-7-8-19)16-14(18-10)11-5-3-2-4-6-11/h2-6,19H,7-9H2,1H3,(H,15,17). The zero-order chi connectivity index (χ0) is 13.7. The molecule has 0 saturated heterocycles. The van der Waals surface area contributed by atoms with E-state index in [2.05, 4.69) is 22.9 Å². The molecule has 2 rings (SSSR count). The zero-order valence-corrected chi connectivity index (χ0v) is 11.6. The molecule has 1 heterocycles. The second-order valence-electron chi connectivity index (χ2n) is 4.14. The SMILES string of the molecule is Cc1oc(-c2ccccc2)nc1CC(=O)NCCS. The van der Waals surface area contributed by atoms with E-state index >= 15 is 0 Å². The van der Waals surface area contributed by atoms with Gasteiger partial charge in [0.1, 0.15) is 5.76 Å². The van der Waals surface area contributed by atoms with Crippen molar-refractivity contribution in [1.82, 2.24) is 10.3 Å². The summed E-state index contributed by atoms with van der Waals surface area (Å²) < 4.78 is 5.60. The minimum Gasteiger partial charge on any atom is -0.441 e. The molecule has 2 aromatic rings. The molecule has 19 heavy (non-hydrogen) atoms. The van der Waals surface area contributed by atoms with Crippen LogP contribution >= 0.6 is 12.6 Å². The van der Waals surface area contributed by atoms with Gasteiger partial charge in [-0.1, -0.05) is 18.2 Å². The first-order valence-corrected chi connectivity index (χ1v) is 6.73. The maximum atomic E-state index is 11.6. The highest BCUT2D eigenvalue weighted by molar-refractivity contribution is 7.80. The van der Waals surface area contributed by atoms with Gasteiger partial charge in [-0.05, 0) is 19.1 Å². The molecular weight excluding hydrogens is 260 g/mol. The number of thiol groups is 1.